The zero-order valence-corrected chi connectivity index (χ0v) is 12.5. The van der Waals surface area contributed by atoms with Crippen LogP contribution in [-0.2, 0) is 13.7 Å². The summed E-state index contributed by atoms with van der Waals surface area (Å²) < 4.78 is 17.9. The van der Waals surface area contributed by atoms with Gasteiger partial charge in [0.2, 0.25) is 0 Å². The van der Waals surface area contributed by atoms with Gasteiger partial charge in [-0.05, 0) is 30.9 Å². The third kappa shape index (κ3) is 2.73. The van der Waals surface area contributed by atoms with Crippen LogP contribution in [0.15, 0.2) is 24.3 Å². The van der Waals surface area contributed by atoms with Crippen molar-refractivity contribution >= 4 is 12.2 Å². The molecule has 1 aromatic carbocycles. The van der Waals surface area contributed by atoms with E-state index in [1.165, 1.54) is 24.0 Å². The Bertz CT molecular complexity index is 462. The van der Waals surface area contributed by atoms with Crippen molar-refractivity contribution in [1.82, 2.24) is 0 Å². The molecule has 2 atom stereocenters. The van der Waals surface area contributed by atoms with E-state index >= 15 is 0 Å². The Morgan fingerprint density at radius 2 is 2.05 bits per heavy atom. The summed E-state index contributed by atoms with van der Waals surface area (Å²) >= 11 is 0.885. The molecule has 110 valence electrons. The molecular formula is C15H21NO3S. The van der Waals surface area contributed by atoms with Crippen LogP contribution < -0.4 is 5.14 Å². The molecule has 2 N–H and O–H groups in total. The molecule has 0 radical (unpaired) electrons. The highest BCUT2D eigenvalue weighted by Gasteiger charge is 2.49. The number of rotatable bonds is 4. The first-order valence-electron chi connectivity index (χ1n) is 7.14. The van der Waals surface area contributed by atoms with E-state index in [4.69, 9.17) is 18.8 Å². The lowest BCUT2D eigenvalue weighted by atomic mass is 10.00. The third-order valence-electron chi connectivity index (χ3n) is 4.21. The van der Waals surface area contributed by atoms with E-state index in [0.717, 1.165) is 25.1 Å². The first-order chi connectivity index (χ1) is 9.74. The fraction of sp³-hybridized carbons (Fsp3) is 0.600. The van der Waals surface area contributed by atoms with Crippen LogP contribution in [0.3, 0.4) is 0 Å². The van der Waals surface area contributed by atoms with Gasteiger partial charge in [-0.15, -0.1) is 0 Å². The Balaban J connectivity index is 1.84. The molecule has 1 aromatic rings. The number of aryl methyl sites for hydroxylation is 1. The summed E-state index contributed by atoms with van der Waals surface area (Å²) in [5.41, 5.74) is 2.41. The minimum Gasteiger partial charge on any atom is -0.341 e. The SMILES string of the molecule is Cc1ccccc1C1OC2(CCCC2)O[C@@H]1COSN. The highest BCUT2D eigenvalue weighted by molar-refractivity contribution is 7.92. The lowest BCUT2D eigenvalue weighted by Crippen LogP contribution is -2.27. The van der Waals surface area contributed by atoms with Crippen LogP contribution in [0.2, 0.25) is 0 Å². The van der Waals surface area contributed by atoms with Gasteiger partial charge in [0.1, 0.15) is 12.2 Å². The monoisotopic (exact) mass is 295 g/mol. The van der Waals surface area contributed by atoms with Gasteiger partial charge in [-0.3, -0.25) is 9.32 Å². The molecule has 0 aromatic heterocycles. The van der Waals surface area contributed by atoms with E-state index in [2.05, 4.69) is 19.1 Å². The highest BCUT2D eigenvalue weighted by Crippen LogP contribution is 2.47. The molecule has 20 heavy (non-hydrogen) atoms. The Hall–Kier alpha value is -0.590. The van der Waals surface area contributed by atoms with E-state index in [9.17, 15) is 0 Å². The molecule has 0 amide bonds. The Morgan fingerprint density at radius 3 is 2.75 bits per heavy atom. The largest absolute Gasteiger partial charge is 0.341 e. The van der Waals surface area contributed by atoms with Crippen molar-refractivity contribution in [3.8, 4) is 0 Å². The van der Waals surface area contributed by atoms with Crippen LogP contribution in [-0.4, -0.2) is 18.5 Å². The van der Waals surface area contributed by atoms with E-state index in [0.29, 0.717) is 6.61 Å². The maximum absolute atomic E-state index is 6.33. The number of ether oxygens (including phenoxy) is 2. The van der Waals surface area contributed by atoms with Gasteiger partial charge in [0.25, 0.3) is 0 Å². The summed E-state index contributed by atoms with van der Waals surface area (Å²) in [6.45, 7) is 2.55. The van der Waals surface area contributed by atoms with Gasteiger partial charge in [-0.1, -0.05) is 24.3 Å². The van der Waals surface area contributed by atoms with Crippen LogP contribution in [0.1, 0.15) is 42.9 Å². The third-order valence-corrected chi connectivity index (χ3v) is 4.48. The van der Waals surface area contributed by atoms with Gasteiger partial charge < -0.3 is 9.47 Å². The lowest BCUT2D eigenvalue weighted by molar-refractivity contribution is -0.171. The van der Waals surface area contributed by atoms with Gasteiger partial charge in [-0.2, -0.15) is 0 Å². The van der Waals surface area contributed by atoms with E-state index in [-0.39, 0.29) is 12.2 Å². The smallest absolute Gasteiger partial charge is 0.169 e. The van der Waals surface area contributed by atoms with Crippen LogP contribution in [0.25, 0.3) is 0 Å². The minimum atomic E-state index is -0.403. The topological polar surface area (TPSA) is 53.7 Å². The van der Waals surface area contributed by atoms with Gasteiger partial charge in [0, 0.05) is 12.8 Å². The average Bonchev–Trinajstić information content (AvgIpc) is 3.05. The molecule has 1 saturated carbocycles. The first-order valence-corrected chi connectivity index (χ1v) is 7.94. The van der Waals surface area contributed by atoms with Crippen molar-refractivity contribution in [2.24, 2.45) is 5.14 Å². The second-order valence-electron chi connectivity index (χ2n) is 5.55. The molecule has 3 rings (SSSR count). The van der Waals surface area contributed by atoms with Crippen molar-refractivity contribution < 1.29 is 13.7 Å². The summed E-state index contributed by atoms with van der Waals surface area (Å²) in [4.78, 5) is 0. The van der Waals surface area contributed by atoms with Crippen LogP contribution in [0.4, 0.5) is 0 Å². The van der Waals surface area contributed by atoms with Crippen LogP contribution in [0, 0.1) is 6.92 Å². The zero-order chi connectivity index (χ0) is 14.0. The van der Waals surface area contributed by atoms with Crippen molar-refractivity contribution in [3.05, 3.63) is 35.4 Å². The second kappa shape index (κ2) is 6.03. The van der Waals surface area contributed by atoms with Crippen molar-refractivity contribution in [2.45, 2.75) is 50.6 Å². The maximum atomic E-state index is 6.33. The summed E-state index contributed by atoms with van der Waals surface area (Å²) in [7, 11) is 0. The molecule has 1 heterocycles. The first kappa shape index (κ1) is 14.4. The molecule has 0 bridgehead atoms. The molecular weight excluding hydrogens is 274 g/mol. The summed E-state index contributed by atoms with van der Waals surface area (Å²) in [5.74, 6) is -0.403. The molecule has 1 unspecified atom stereocenters. The van der Waals surface area contributed by atoms with E-state index < -0.39 is 5.79 Å². The summed E-state index contributed by atoms with van der Waals surface area (Å²) in [6, 6.07) is 8.30. The molecule has 4 nitrogen and oxygen atoms in total. The second-order valence-corrected chi connectivity index (χ2v) is 5.98. The molecule has 5 heteroatoms. The Labute approximate surface area is 124 Å². The van der Waals surface area contributed by atoms with E-state index in [1.807, 2.05) is 12.1 Å². The van der Waals surface area contributed by atoms with Crippen molar-refractivity contribution in [1.29, 1.82) is 0 Å². The fourth-order valence-electron chi connectivity index (χ4n) is 3.22. The molecule has 2 fully saturated rings. The molecule has 1 aliphatic carbocycles. The highest BCUT2D eigenvalue weighted by atomic mass is 32.2. The maximum Gasteiger partial charge on any atom is 0.169 e. The van der Waals surface area contributed by atoms with Gasteiger partial charge in [-0.25, -0.2) is 0 Å². The number of benzene rings is 1. The predicted octanol–water partition coefficient (Wildman–Crippen LogP) is 3.26. The zero-order valence-electron chi connectivity index (χ0n) is 11.7. The molecule has 1 aliphatic heterocycles. The Kier molecular flexibility index (Phi) is 4.33. The summed E-state index contributed by atoms with van der Waals surface area (Å²) in [6.07, 6.45) is 4.12. The predicted molar refractivity (Wildman–Crippen MR) is 78.8 cm³/mol. The van der Waals surface area contributed by atoms with Crippen molar-refractivity contribution in [2.75, 3.05) is 6.61 Å². The molecule has 1 saturated heterocycles. The van der Waals surface area contributed by atoms with E-state index in [1.54, 1.807) is 0 Å². The molecule has 1 spiro atoms. The van der Waals surface area contributed by atoms with Crippen LogP contribution in [0.5, 0.6) is 0 Å². The summed E-state index contributed by atoms with van der Waals surface area (Å²) in [5, 5.41) is 5.36. The van der Waals surface area contributed by atoms with Gasteiger partial charge >= 0.3 is 0 Å². The van der Waals surface area contributed by atoms with Gasteiger partial charge in [0.05, 0.1) is 18.8 Å². The van der Waals surface area contributed by atoms with Gasteiger partial charge in [0.15, 0.2) is 5.79 Å². The van der Waals surface area contributed by atoms with Crippen molar-refractivity contribution in [3.63, 3.8) is 0 Å². The number of nitrogens with two attached hydrogens (primary N) is 1. The quantitative estimate of drug-likeness (QED) is 0.682. The minimum absolute atomic E-state index is 0.0681. The fourth-order valence-corrected chi connectivity index (χ4v) is 3.43. The Morgan fingerprint density at radius 1 is 1.30 bits per heavy atom. The normalized spacial score (nSPS) is 28.3. The lowest BCUT2D eigenvalue weighted by Gasteiger charge is -2.22. The number of hydrogen-bond donors (Lipinski definition) is 1. The number of hydrogen-bond acceptors (Lipinski definition) is 5. The standard InChI is InChI=1S/C15H21NO3S/c1-11-6-2-3-7-12(11)14-13(10-17-20-16)18-15(19-14)8-4-5-9-15/h2-3,6-7,13-14H,4-5,8-10,16H2,1H3/t13-,14?/m1/s1. The average molecular weight is 295 g/mol. The molecule has 2 aliphatic rings. The van der Waals surface area contributed by atoms with Crippen LogP contribution >= 0.6 is 12.2 Å².